The van der Waals surface area contributed by atoms with Crippen LogP contribution in [0, 0.1) is 6.92 Å². The summed E-state index contributed by atoms with van der Waals surface area (Å²) in [6.07, 6.45) is -3.75. The average Bonchev–Trinajstić information content (AvgIpc) is 2.47. The van der Waals surface area contributed by atoms with Crippen LogP contribution in [-0.2, 0) is 5.92 Å². The molecule has 0 N–H and O–H groups in total. The number of halogens is 4. The van der Waals surface area contributed by atoms with Gasteiger partial charge in [-0.2, -0.15) is 8.78 Å². The molecule has 0 heterocycles. The standard InChI is InChI=1S/C16H12F4S/c1-10-12(14(21)11-6-3-2-4-7-11)8-5-9-13(10)16(19,20)15(17)18/h2-9,15H,1H3. The molecule has 0 aliphatic heterocycles. The summed E-state index contributed by atoms with van der Waals surface area (Å²) in [7, 11) is 0. The fraction of sp³-hybridized carbons (Fsp3) is 0.188. The maximum atomic E-state index is 13.6. The zero-order valence-corrected chi connectivity index (χ0v) is 11.9. The van der Waals surface area contributed by atoms with Crippen LogP contribution >= 0.6 is 12.2 Å². The first-order chi connectivity index (χ1) is 9.85. The van der Waals surface area contributed by atoms with Gasteiger partial charge >= 0.3 is 12.3 Å². The van der Waals surface area contributed by atoms with E-state index >= 15 is 0 Å². The molecule has 0 bridgehead atoms. The summed E-state index contributed by atoms with van der Waals surface area (Å²) in [6.45, 7) is 1.39. The van der Waals surface area contributed by atoms with Gasteiger partial charge in [-0.1, -0.05) is 60.7 Å². The lowest BCUT2D eigenvalue weighted by Crippen LogP contribution is -2.25. The molecule has 110 valence electrons. The maximum Gasteiger partial charge on any atom is 0.332 e. The minimum absolute atomic E-state index is 0.0802. The van der Waals surface area contributed by atoms with Crippen molar-refractivity contribution in [2.45, 2.75) is 19.3 Å². The first-order valence-electron chi connectivity index (χ1n) is 6.21. The van der Waals surface area contributed by atoms with Gasteiger partial charge in [0.15, 0.2) is 0 Å². The monoisotopic (exact) mass is 312 g/mol. The van der Waals surface area contributed by atoms with E-state index in [1.165, 1.54) is 13.0 Å². The molecule has 0 radical (unpaired) electrons. The van der Waals surface area contributed by atoms with Gasteiger partial charge in [0.1, 0.15) is 0 Å². The highest BCUT2D eigenvalue weighted by atomic mass is 32.1. The van der Waals surface area contributed by atoms with E-state index in [9.17, 15) is 17.6 Å². The lowest BCUT2D eigenvalue weighted by molar-refractivity contribution is -0.135. The molecule has 0 aliphatic rings. The molecule has 0 aliphatic carbocycles. The van der Waals surface area contributed by atoms with Crippen molar-refractivity contribution in [2.24, 2.45) is 0 Å². The second-order valence-electron chi connectivity index (χ2n) is 4.60. The normalized spacial score (nSPS) is 11.7. The molecule has 0 fully saturated rings. The van der Waals surface area contributed by atoms with Crippen LogP contribution in [0.4, 0.5) is 17.6 Å². The van der Waals surface area contributed by atoms with Crippen molar-refractivity contribution < 1.29 is 17.6 Å². The van der Waals surface area contributed by atoms with Crippen molar-refractivity contribution in [3.8, 4) is 0 Å². The third kappa shape index (κ3) is 2.97. The van der Waals surface area contributed by atoms with E-state index in [1.807, 2.05) is 0 Å². The number of alkyl halides is 4. The summed E-state index contributed by atoms with van der Waals surface area (Å²) in [5.41, 5.74) is 0.451. The quantitative estimate of drug-likeness (QED) is 0.429. The summed E-state index contributed by atoms with van der Waals surface area (Å²) in [5.74, 6) is -4.19. The summed E-state index contributed by atoms with van der Waals surface area (Å²) >= 11 is 5.29. The molecule has 2 rings (SSSR count). The van der Waals surface area contributed by atoms with Gasteiger partial charge < -0.3 is 0 Å². The fourth-order valence-electron chi connectivity index (χ4n) is 2.11. The van der Waals surface area contributed by atoms with Crippen LogP contribution in [0.5, 0.6) is 0 Å². The van der Waals surface area contributed by atoms with Crippen LogP contribution in [0.1, 0.15) is 22.3 Å². The Morgan fingerprint density at radius 2 is 1.62 bits per heavy atom. The second kappa shape index (κ2) is 5.93. The molecule has 0 aromatic heterocycles. The maximum absolute atomic E-state index is 13.6. The molecule has 2 aromatic rings. The molecule has 21 heavy (non-hydrogen) atoms. The van der Waals surface area contributed by atoms with Gasteiger partial charge in [0.25, 0.3) is 0 Å². The smallest absolute Gasteiger partial charge is 0.203 e. The van der Waals surface area contributed by atoms with Crippen LogP contribution < -0.4 is 0 Å². The molecule has 0 saturated carbocycles. The van der Waals surface area contributed by atoms with Gasteiger partial charge in [-0.05, 0) is 23.6 Å². The van der Waals surface area contributed by atoms with Crippen LogP contribution in [0.25, 0.3) is 0 Å². The second-order valence-corrected chi connectivity index (χ2v) is 5.01. The molecule has 0 amide bonds. The van der Waals surface area contributed by atoms with Crippen LogP contribution in [0.2, 0.25) is 0 Å². The molecular formula is C16H12F4S. The topological polar surface area (TPSA) is 0 Å². The van der Waals surface area contributed by atoms with Crippen LogP contribution in [0.15, 0.2) is 48.5 Å². The van der Waals surface area contributed by atoms with Crippen LogP contribution in [-0.4, -0.2) is 11.3 Å². The van der Waals surface area contributed by atoms with Gasteiger partial charge in [-0.3, -0.25) is 0 Å². The van der Waals surface area contributed by atoms with Gasteiger partial charge in [0.2, 0.25) is 0 Å². The predicted octanol–water partition coefficient (Wildman–Crippen LogP) is 5.12. The first kappa shape index (κ1) is 15.6. The molecule has 0 saturated heterocycles. The average molecular weight is 312 g/mol. The molecule has 0 unspecified atom stereocenters. The Morgan fingerprint density at radius 1 is 1.00 bits per heavy atom. The van der Waals surface area contributed by atoms with Gasteiger partial charge in [0, 0.05) is 5.56 Å². The number of thiocarbonyl (C=S) groups is 1. The van der Waals surface area contributed by atoms with E-state index in [1.54, 1.807) is 36.4 Å². The number of hydrogen-bond acceptors (Lipinski definition) is 1. The molecule has 0 atom stereocenters. The highest BCUT2D eigenvalue weighted by Crippen LogP contribution is 2.37. The fourth-order valence-corrected chi connectivity index (χ4v) is 2.46. The minimum Gasteiger partial charge on any atom is -0.203 e. The Balaban J connectivity index is 2.51. The molecule has 0 spiro atoms. The number of rotatable bonds is 4. The van der Waals surface area contributed by atoms with E-state index in [4.69, 9.17) is 12.2 Å². The van der Waals surface area contributed by atoms with E-state index in [2.05, 4.69) is 0 Å². The van der Waals surface area contributed by atoms with E-state index in [0.29, 0.717) is 16.0 Å². The molecular weight excluding hydrogens is 300 g/mol. The van der Waals surface area contributed by atoms with Crippen molar-refractivity contribution in [3.63, 3.8) is 0 Å². The van der Waals surface area contributed by atoms with E-state index < -0.39 is 17.9 Å². The van der Waals surface area contributed by atoms with Crippen molar-refractivity contribution in [2.75, 3.05) is 0 Å². The highest BCUT2D eigenvalue weighted by molar-refractivity contribution is 7.81. The zero-order chi connectivity index (χ0) is 15.6. The van der Waals surface area contributed by atoms with Gasteiger partial charge in [-0.15, -0.1) is 0 Å². The van der Waals surface area contributed by atoms with Crippen LogP contribution in [0.3, 0.4) is 0 Å². The third-order valence-electron chi connectivity index (χ3n) is 3.25. The van der Waals surface area contributed by atoms with Gasteiger partial charge in [-0.25, -0.2) is 8.78 Å². The largest absolute Gasteiger partial charge is 0.332 e. The lowest BCUT2D eigenvalue weighted by atomic mass is 9.93. The molecule has 2 aromatic carbocycles. The number of benzene rings is 2. The van der Waals surface area contributed by atoms with Crippen molar-refractivity contribution in [3.05, 3.63) is 70.8 Å². The first-order valence-corrected chi connectivity index (χ1v) is 6.62. The third-order valence-corrected chi connectivity index (χ3v) is 3.70. The number of hydrogen-bond donors (Lipinski definition) is 0. The Morgan fingerprint density at radius 3 is 2.19 bits per heavy atom. The summed E-state index contributed by atoms with van der Waals surface area (Å²) < 4.78 is 52.3. The van der Waals surface area contributed by atoms with E-state index in [0.717, 1.165) is 6.07 Å². The summed E-state index contributed by atoms with van der Waals surface area (Å²) in [6, 6.07) is 12.8. The predicted molar refractivity (Wildman–Crippen MR) is 78.3 cm³/mol. The Hall–Kier alpha value is -1.75. The summed E-state index contributed by atoms with van der Waals surface area (Å²) in [4.78, 5) is 0.361. The Bertz CT molecular complexity index is 651. The molecule has 0 nitrogen and oxygen atoms in total. The Labute approximate surface area is 125 Å². The van der Waals surface area contributed by atoms with Gasteiger partial charge in [0.05, 0.1) is 4.86 Å². The van der Waals surface area contributed by atoms with Crippen molar-refractivity contribution >= 4 is 17.1 Å². The van der Waals surface area contributed by atoms with E-state index in [-0.39, 0.29) is 5.56 Å². The highest BCUT2D eigenvalue weighted by Gasteiger charge is 2.44. The molecule has 5 heteroatoms. The Kier molecular flexibility index (Phi) is 4.42. The lowest BCUT2D eigenvalue weighted by Gasteiger charge is -2.20. The zero-order valence-electron chi connectivity index (χ0n) is 11.1. The summed E-state index contributed by atoms with van der Waals surface area (Å²) in [5, 5.41) is 0. The SMILES string of the molecule is Cc1c(C(=S)c2ccccc2)cccc1C(F)(F)C(F)F. The van der Waals surface area contributed by atoms with Crippen molar-refractivity contribution in [1.82, 2.24) is 0 Å². The van der Waals surface area contributed by atoms with Crippen molar-refractivity contribution in [1.29, 1.82) is 0 Å². The minimum atomic E-state index is -4.19.